The van der Waals surface area contributed by atoms with Crippen molar-refractivity contribution in [1.29, 1.82) is 0 Å². The van der Waals surface area contributed by atoms with Gasteiger partial charge in [0.2, 0.25) is 0 Å². The van der Waals surface area contributed by atoms with E-state index in [0.717, 1.165) is 12.3 Å². The van der Waals surface area contributed by atoms with Crippen molar-refractivity contribution in [3.8, 4) is 0 Å². The summed E-state index contributed by atoms with van der Waals surface area (Å²) >= 11 is 0. The van der Waals surface area contributed by atoms with Crippen LogP contribution in [0.25, 0.3) is 6.08 Å². The monoisotopic (exact) mass is 226 g/mol. The van der Waals surface area contributed by atoms with E-state index >= 15 is 0 Å². The lowest BCUT2D eigenvalue weighted by molar-refractivity contribution is 0.0146. The van der Waals surface area contributed by atoms with Gasteiger partial charge >= 0.3 is 0 Å². The second-order valence-electron chi connectivity index (χ2n) is 5.65. The van der Waals surface area contributed by atoms with E-state index in [-0.39, 0.29) is 0 Å². The van der Waals surface area contributed by atoms with Crippen LogP contribution >= 0.6 is 0 Å². The molecule has 0 aromatic heterocycles. The summed E-state index contributed by atoms with van der Waals surface area (Å²) in [6.07, 6.45) is 9.17. The van der Waals surface area contributed by atoms with Crippen molar-refractivity contribution in [2.45, 2.75) is 26.7 Å². The summed E-state index contributed by atoms with van der Waals surface area (Å²) in [4.78, 5) is 0. The van der Waals surface area contributed by atoms with Gasteiger partial charge in [-0.15, -0.1) is 6.58 Å². The van der Waals surface area contributed by atoms with Gasteiger partial charge in [0.05, 0.1) is 0 Å². The Kier molecular flexibility index (Phi) is 3.51. The molecule has 0 saturated heterocycles. The average molecular weight is 226 g/mol. The van der Waals surface area contributed by atoms with Crippen LogP contribution < -0.4 is 0 Å². The molecule has 1 aliphatic carbocycles. The van der Waals surface area contributed by atoms with Crippen LogP contribution in [0.3, 0.4) is 0 Å². The Balaban J connectivity index is 1.98. The molecule has 0 aliphatic heterocycles. The first-order valence-electron chi connectivity index (χ1n) is 6.48. The molecule has 1 aliphatic rings. The molecule has 17 heavy (non-hydrogen) atoms. The Morgan fingerprint density at radius 1 is 1.29 bits per heavy atom. The molecule has 0 nitrogen and oxygen atoms in total. The molecule has 0 heterocycles. The minimum Gasteiger partial charge on any atom is -0.103 e. The smallest absolute Gasteiger partial charge is 0.0173 e. The molecular weight excluding hydrogens is 204 g/mol. The summed E-state index contributed by atoms with van der Waals surface area (Å²) < 4.78 is 0. The van der Waals surface area contributed by atoms with Gasteiger partial charge in [0.15, 0.2) is 0 Å². The first-order valence-corrected chi connectivity index (χ1v) is 6.48. The Bertz CT molecular complexity index is 397. The van der Waals surface area contributed by atoms with Crippen LogP contribution in [0.5, 0.6) is 0 Å². The van der Waals surface area contributed by atoms with Gasteiger partial charge in [-0.3, -0.25) is 0 Å². The van der Waals surface area contributed by atoms with Gasteiger partial charge in [0.25, 0.3) is 0 Å². The van der Waals surface area contributed by atoms with E-state index in [2.05, 4.69) is 69.0 Å². The van der Waals surface area contributed by atoms with E-state index in [0.29, 0.717) is 11.3 Å². The van der Waals surface area contributed by atoms with Gasteiger partial charge in [-0.2, -0.15) is 0 Å². The third kappa shape index (κ3) is 2.52. The zero-order valence-corrected chi connectivity index (χ0v) is 10.9. The Morgan fingerprint density at radius 2 is 2.00 bits per heavy atom. The predicted molar refractivity (Wildman–Crippen MR) is 75.7 cm³/mol. The molecule has 2 atom stereocenters. The van der Waals surface area contributed by atoms with Crippen molar-refractivity contribution >= 4 is 6.08 Å². The fraction of sp³-hybridized carbons (Fsp3) is 0.412. The highest BCUT2D eigenvalue weighted by Gasteiger charge is 2.45. The zero-order valence-electron chi connectivity index (χ0n) is 10.9. The lowest BCUT2D eigenvalue weighted by Gasteiger charge is -2.51. The number of rotatable bonds is 4. The molecule has 0 amide bonds. The summed E-state index contributed by atoms with van der Waals surface area (Å²) in [5.41, 5.74) is 1.73. The topological polar surface area (TPSA) is 0 Å². The molecule has 1 fully saturated rings. The molecule has 90 valence electrons. The normalized spacial score (nSPS) is 26.7. The Hall–Kier alpha value is -1.30. The van der Waals surface area contributed by atoms with Crippen LogP contribution in [0, 0.1) is 17.3 Å². The highest BCUT2D eigenvalue weighted by Crippen LogP contribution is 2.53. The minimum atomic E-state index is 0.430. The van der Waals surface area contributed by atoms with Crippen molar-refractivity contribution in [2.24, 2.45) is 17.3 Å². The van der Waals surface area contributed by atoms with Crippen LogP contribution in [-0.4, -0.2) is 0 Å². The van der Waals surface area contributed by atoms with Gasteiger partial charge in [-0.1, -0.05) is 62.4 Å². The predicted octanol–water partition coefficient (Wildman–Crippen LogP) is 4.94. The fourth-order valence-electron chi connectivity index (χ4n) is 2.78. The minimum absolute atomic E-state index is 0.430. The summed E-state index contributed by atoms with van der Waals surface area (Å²) in [6.45, 7) is 8.61. The molecule has 0 N–H and O–H groups in total. The van der Waals surface area contributed by atoms with Crippen molar-refractivity contribution in [3.63, 3.8) is 0 Å². The van der Waals surface area contributed by atoms with E-state index in [1.54, 1.807) is 0 Å². The SMILES string of the molecule is C=CC[C@H]1C[C@@H](C=Cc2ccccc2)C1(C)C. The molecule has 0 unspecified atom stereocenters. The maximum absolute atomic E-state index is 3.85. The van der Waals surface area contributed by atoms with E-state index in [1.807, 2.05) is 0 Å². The third-order valence-electron chi connectivity index (χ3n) is 4.32. The number of hydrogen-bond acceptors (Lipinski definition) is 0. The second kappa shape index (κ2) is 4.91. The van der Waals surface area contributed by atoms with Gasteiger partial charge in [-0.25, -0.2) is 0 Å². The average Bonchev–Trinajstić information content (AvgIpc) is 2.34. The summed E-state index contributed by atoms with van der Waals surface area (Å²) in [5, 5.41) is 0. The molecule has 1 aromatic rings. The fourth-order valence-corrected chi connectivity index (χ4v) is 2.78. The van der Waals surface area contributed by atoms with Gasteiger partial charge in [0.1, 0.15) is 0 Å². The molecule has 0 bridgehead atoms. The quantitative estimate of drug-likeness (QED) is 0.638. The highest BCUT2D eigenvalue weighted by atomic mass is 14.5. The zero-order chi connectivity index (χ0) is 12.3. The van der Waals surface area contributed by atoms with E-state index in [4.69, 9.17) is 0 Å². The summed E-state index contributed by atoms with van der Waals surface area (Å²) in [5.74, 6) is 1.53. The first-order chi connectivity index (χ1) is 8.14. The lowest BCUT2D eigenvalue weighted by atomic mass is 9.54. The molecule has 0 spiro atoms. The van der Waals surface area contributed by atoms with Crippen LogP contribution in [0.1, 0.15) is 32.3 Å². The van der Waals surface area contributed by atoms with E-state index < -0.39 is 0 Å². The summed E-state index contributed by atoms with van der Waals surface area (Å²) in [6, 6.07) is 10.6. The standard InChI is InChI=1S/C17H22/c1-4-8-15-13-16(17(15,2)3)12-11-14-9-6-5-7-10-14/h4-7,9-12,15-16H,1,8,13H2,2-3H3/t15-,16+/m0/s1. The highest BCUT2D eigenvalue weighted by molar-refractivity contribution is 5.49. The number of hydrogen-bond donors (Lipinski definition) is 0. The van der Waals surface area contributed by atoms with Crippen LogP contribution in [0.2, 0.25) is 0 Å². The van der Waals surface area contributed by atoms with Crippen molar-refractivity contribution in [3.05, 3.63) is 54.6 Å². The van der Waals surface area contributed by atoms with Gasteiger partial charge in [-0.05, 0) is 35.7 Å². The number of benzene rings is 1. The Labute approximate surface area is 105 Å². The molecular formula is C17H22. The van der Waals surface area contributed by atoms with Crippen molar-refractivity contribution in [1.82, 2.24) is 0 Å². The van der Waals surface area contributed by atoms with E-state index in [9.17, 15) is 0 Å². The second-order valence-corrected chi connectivity index (χ2v) is 5.65. The van der Waals surface area contributed by atoms with Crippen LogP contribution in [0.15, 0.2) is 49.1 Å². The lowest BCUT2D eigenvalue weighted by Crippen LogP contribution is -2.43. The first kappa shape index (κ1) is 12.2. The summed E-state index contributed by atoms with van der Waals surface area (Å²) in [7, 11) is 0. The molecule has 0 radical (unpaired) electrons. The van der Waals surface area contributed by atoms with Crippen molar-refractivity contribution < 1.29 is 0 Å². The third-order valence-corrected chi connectivity index (χ3v) is 4.32. The largest absolute Gasteiger partial charge is 0.103 e. The molecule has 0 heteroatoms. The maximum Gasteiger partial charge on any atom is -0.0173 e. The van der Waals surface area contributed by atoms with Crippen LogP contribution in [-0.2, 0) is 0 Å². The van der Waals surface area contributed by atoms with Gasteiger partial charge in [0, 0.05) is 0 Å². The Morgan fingerprint density at radius 3 is 2.59 bits per heavy atom. The molecule has 1 aromatic carbocycles. The van der Waals surface area contributed by atoms with E-state index in [1.165, 1.54) is 12.0 Å². The number of allylic oxidation sites excluding steroid dienone is 2. The molecule has 1 saturated carbocycles. The van der Waals surface area contributed by atoms with Gasteiger partial charge < -0.3 is 0 Å². The van der Waals surface area contributed by atoms with Crippen molar-refractivity contribution in [2.75, 3.05) is 0 Å². The molecule has 2 rings (SSSR count). The maximum atomic E-state index is 3.85. The van der Waals surface area contributed by atoms with Crippen LogP contribution in [0.4, 0.5) is 0 Å².